The average molecular weight is 366 g/mol. The van der Waals surface area contributed by atoms with Crippen LogP contribution in [-0.4, -0.2) is 33.7 Å². The fourth-order valence-corrected chi connectivity index (χ4v) is 3.18. The van der Waals surface area contributed by atoms with Crippen LogP contribution in [0, 0.1) is 0 Å². The van der Waals surface area contributed by atoms with Gasteiger partial charge in [-0.05, 0) is 12.5 Å². The Morgan fingerprint density at radius 2 is 2.11 bits per heavy atom. The molecule has 3 aromatic rings. The van der Waals surface area contributed by atoms with E-state index in [2.05, 4.69) is 33.7 Å². The minimum atomic E-state index is -0.208. The zero-order valence-corrected chi connectivity index (χ0v) is 15.7. The average Bonchev–Trinajstić information content (AvgIpc) is 3.04. The normalized spacial score (nSPS) is 11.0. The number of hydrogen-bond acceptors (Lipinski definition) is 4. The molecule has 1 aromatic carbocycles. The molecule has 0 aliphatic heterocycles. The van der Waals surface area contributed by atoms with Crippen molar-refractivity contribution in [3.05, 3.63) is 42.7 Å². The van der Waals surface area contributed by atoms with Crippen molar-refractivity contribution in [3.63, 3.8) is 0 Å². The van der Waals surface area contributed by atoms with Gasteiger partial charge in [-0.1, -0.05) is 37.6 Å². The number of nitrogens with one attached hydrogen (secondary N) is 2. The molecule has 0 spiro atoms. The van der Waals surface area contributed by atoms with Gasteiger partial charge in [0.2, 0.25) is 0 Å². The first-order chi connectivity index (χ1) is 13.2. The summed E-state index contributed by atoms with van der Waals surface area (Å²) in [7, 11) is 0. The number of nitrogens with two attached hydrogens (primary N) is 1. The second-order valence-electron chi connectivity index (χ2n) is 6.42. The topological polar surface area (TPSA) is 97.9 Å². The minimum absolute atomic E-state index is 0.208. The summed E-state index contributed by atoms with van der Waals surface area (Å²) in [5.41, 5.74) is 8.75. The zero-order chi connectivity index (χ0) is 19.2. The first kappa shape index (κ1) is 18.7. The molecule has 0 saturated carbocycles. The van der Waals surface area contributed by atoms with E-state index >= 15 is 0 Å². The fourth-order valence-electron chi connectivity index (χ4n) is 3.18. The summed E-state index contributed by atoms with van der Waals surface area (Å²) in [4.78, 5) is 21.1. The van der Waals surface area contributed by atoms with Crippen LogP contribution < -0.4 is 16.4 Å². The van der Waals surface area contributed by atoms with E-state index in [0.29, 0.717) is 25.5 Å². The second-order valence-corrected chi connectivity index (χ2v) is 6.42. The Bertz CT molecular complexity index is 962. The van der Waals surface area contributed by atoms with Crippen LogP contribution in [-0.2, 0) is 13.0 Å². The largest absolute Gasteiger partial charge is 0.382 e. The molecule has 0 saturated heterocycles. The van der Waals surface area contributed by atoms with Crippen LogP contribution >= 0.6 is 0 Å². The van der Waals surface area contributed by atoms with Crippen LogP contribution in [0.25, 0.3) is 21.9 Å². The van der Waals surface area contributed by atoms with Gasteiger partial charge in [-0.15, -0.1) is 6.58 Å². The summed E-state index contributed by atoms with van der Waals surface area (Å²) in [6.45, 7) is 7.29. The number of nitrogen functional groups attached to an aromatic ring is 1. The molecular formula is C20H26N6O. The monoisotopic (exact) mass is 366 g/mol. The first-order valence-electron chi connectivity index (χ1n) is 9.31. The number of carbonyl (C=O) groups is 1. The van der Waals surface area contributed by atoms with E-state index in [0.717, 1.165) is 47.0 Å². The lowest BCUT2D eigenvalue weighted by Crippen LogP contribution is -2.37. The molecule has 2 aromatic heterocycles. The van der Waals surface area contributed by atoms with Gasteiger partial charge in [0.1, 0.15) is 11.3 Å². The Morgan fingerprint density at radius 1 is 1.30 bits per heavy atom. The molecule has 0 aliphatic rings. The third kappa shape index (κ3) is 4.02. The molecule has 0 unspecified atom stereocenters. The molecule has 142 valence electrons. The van der Waals surface area contributed by atoms with Gasteiger partial charge in [0, 0.05) is 31.4 Å². The number of benzene rings is 1. The van der Waals surface area contributed by atoms with E-state index < -0.39 is 0 Å². The number of unbranched alkanes of at least 4 members (excludes halogenated alkanes) is 1. The third-order valence-electron chi connectivity index (χ3n) is 4.47. The molecule has 27 heavy (non-hydrogen) atoms. The lowest BCUT2D eigenvalue weighted by atomic mass is 10.2. The smallest absolute Gasteiger partial charge is 0.315 e. The van der Waals surface area contributed by atoms with Crippen LogP contribution in [0.3, 0.4) is 0 Å². The minimum Gasteiger partial charge on any atom is -0.382 e. The number of hydrogen-bond donors (Lipinski definition) is 3. The molecule has 0 atom stereocenters. The molecule has 3 rings (SSSR count). The number of nitrogens with zero attached hydrogens (tertiary/aromatic N) is 3. The summed E-state index contributed by atoms with van der Waals surface area (Å²) in [5, 5.41) is 6.61. The van der Waals surface area contributed by atoms with Crippen molar-refractivity contribution in [3.8, 4) is 0 Å². The number of aromatic nitrogens is 3. The van der Waals surface area contributed by atoms with Crippen molar-refractivity contribution in [2.24, 2.45) is 0 Å². The first-order valence-corrected chi connectivity index (χ1v) is 9.31. The van der Waals surface area contributed by atoms with Crippen LogP contribution in [0.2, 0.25) is 0 Å². The SMILES string of the molecule is C=CCNC(=O)NCCn1c(CCCC)nc2c(N)nc3ccccc3c21. The highest BCUT2D eigenvalue weighted by molar-refractivity contribution is 6.06. The van der Waals surface area contributed by atoms with Crippen molar-refractivity contribution in [1.82, 2.24) is 25.2 Å². The quantitative estimate of drug-likeness (QED) is 0.534. The molecular weight excluding hydrogens is 340 g/mol. The van der Waals surface area contributed by atoms with E-state index in [1.54, 1.807) is 6.08 Å². The van der Waals surface area contributed by atoms with Crippen LogP contribution in [0.1, 0.15) is 25.6 Å². The Balaban J connectivity index is 1.97. The lowest BCUT2D eigenvalue weighted by molar-refractivity contribution is 0.241. The van der Waals surface area contributed by atoms with Crippen molar-refractivity contribution in [2.75, 3.05) is 18.8 Å². The number of amides is 2. The van der Waals surface area contributed by atoms with E-state index in [9.17, 15) is 4.79 Å². The third-order valence-corrected chi connectivity index (χ3v) is 4.47. The molecule has 0 radical (unpaired) electrons. The fraction of sp³-hybridized carbons (Fsp3) is 0.350. The number of aryl methyl sites for hydroxylation is 1. The molecule has 7 heteroatoms. The van der Waals surface area contributed by atoms with Gasteiger partial charge in [0.25, 0.3) is 0 Å². The summed E-state index contributed by atoms with van der Waals surface area (Å²) in [5.74, 6) is 1.42. The van der Waals surface area contributed by atoms with Gasteiger partial charge in [0.05, 0.1) is 11.0 Å². The molecule has 0 bridgehead atoms. The summed E-state index contributed by atoms with van der Waals surface area (Å²) in [6, 6.07) is 7.72. The van der Waals surface area contributed by atoms with Crippen molar-refractivity contribution in [2.45, 2.75) is 32.7 Å². The van der Waals surface area contributed by atoms with Gasteiger partial charge in [-0.2, -0.15) is 0 Å². The zero-order valence-electron chi connectivity index (χ0n) is 15.7. The van der Waals surface area contributed by atoms with Gasteiger partial charge < -0.3 is 20.9 Å². The summed E-state index contributed by atoms with van der Waals surface area (Å²) in [6.07, 6.45) is 4.64. The van der Waals surface area contributed by atoms with E-state index in [-0.39, 0.29) is 6.03 Å². The highest BCUT2D eigenvalue weighted by atomic mass is 16.2. The standard InChI is InChI=1S/C20H26N6O/c1-3-5-10-16-25-17-18(14-8-6-7-9-15(14)24-19(17)21)26(16)13-12-23-20(27)22-11-4-2/h4,6-9H,2-3,5,10-13H2,1H3,(H2,21,24)(H2,22,23,27). The van der Waals surface area contributed by atoms with E-state index in [1.165, 1.54) is 0 Å². The number of carbonyl (C=O) groups excluding carboxylic acids is 1. The van der Waals surface area contributed by atoms with Crippen LogP contribution in [0.15, 0.2) is 36.9 Å². The predicted molar refractivity (Wildman–Crippen MR) is 110 cm³/mol. The number of imidazole rings is 1. The van der Waals surface area contributed by atoms with Crippen LogP contribution in [0.5, 0.6) is 0 Å². The number of para-hydroxylation sites is 1. The maximum Gasteiger partial charge on any atom is 0.315 e. The second kappa shape index (κ2) is 8.53. The van der Waals surface area contributed by atoms with Crippen LogP contribution in [0.4, 0.5) is 10.6 Å². The highest BCUT2D eigenvalue weighted by Crippen LogP contribution is 2.29. The van der Waals surface area contributed by atoms with Gasteiger partial charge in [0.15, 0.2) is 5.82 Å². The number of rotatable bonds is 8. The van der Waals surface area contributed by atoms with Crippen molar-refractivity contribution in [1.29, 1.82) is 0 Å². The van der Waals surface area contributed by atoms with E-state index in [1.807, 2.05) is 24.3 Å². The number of fused-ring (bicyclic) bond motifs is 3. The number of pyridine rings is 1. The summed E-state index contributed by atoms with van der Waals surface area (Å²) >= 11 is 0. The van der Waals surface area contributed by atoms with Gasteiger partial charge in [-0.25, -0.2) is 14.8 Å². The summed E-state index contributed by atoms with van der Waals surface area (Å²) < 4.78 is 2.17. The van der Waals surface area contributed by atoms with Crippen molar-refractivity contribution < 1.29 is 4.79 Å². The molecule has 0 aliphatic carbocycles. The number of anilines is 1. The maximum atomic E-state index is 11.8. The molecule has 2 heterocycles. The maximum absolute atomic E-state index is 11.8. The van der Waals surface area contributed by atoms with Crippen molar-refractivity contribution >= 4 is 33.8 Å². The molecule has 7 nitrogen and oxygen atoms in total. The highest BCUT2D eigenvalue weighted by Gasteiger charge is 2.17. The molecule has 0 fully saturated rings. The number of urea groups is 1. The Morgan fingerprint density at radius 3 is 2.89 bits per heavy atom. The Labute approximate surface area is 158 Å². The van der Waals surface area contributed by atoms with Gasteiger partial charge in [-0.3, -0.25) is 0 Å². The molecule has 4 N–H and O–H groups in total. The van der Waals surface area contributed by atoms with Gasteiger partial charge >= 0.3 is 6.03 Å². The Hall–Kier alpha value is -3.09. The molecule has 2 amide bonds. The predicted octanol–water partition coefficient (Wildman–Crippen LogP) is 2.99. The Kier molecular flexibility index (Phi) is 5.90. The van der Waals surface area contributed by atoms with E-state index in [4.69, 9.17) is 10.7 Å². The lowest BCUT2D eigenvalue weighted by Gasteiger charge is -2.12.